The van der Waals surface area contributed by atoms with Crippen LogP contribution in [0.15, 0.2) is 41.5 Å². The summed E-state index contributed by atoms with van der Waals surface area (Å²) in [5.41, 5.74) is 5.04. The number of rotatable bonds is 13. The van der Waals surface area contributed by atoms with E-state index in [9.17, 15) is 50.8 Å². The number of nitro groups is 4. The van der Waals surface area contributed by atoms with E-state index in [2.05, 4.69) is 10.0 Å². The molecule has 10 atom stereocenters. The molecular weight excluding hydrogens is 836 g/mol. The van der Waals surface area contributed by atoms with Crippen LogP contribution >= 0.6 is 0 Å². The molecule has 0 aliphatic carbocycles. The number of nitrogens with zero attached hydrogens (tertiary/aromatic N) is 8. The fourth-order valence-corrected chi connectivity index (χ4v) is 8.04. The SMILES string of the molecule is CC1(C)O[C@H]2O[C@H]([C@H](CN(C(=O)c3cc([N+](=O)[O-])cc([N+](=O)[O-])c3)[C@@H]3[C@H]4OC(C)(C)O[C@H]4O[C@@H]3[C@H]3COC(C)(C)O3)OC(=O)c3cc([N+](=O)[O-])cc([N+](=O)[O-])c3)[C@H](N=[N+]=[N-])[C@H]2O1. The van der Waals surface area contributed by atoms with E-state index in [1.807, 2.05) is 0 Å². The Labute approximate surface area is 348 Å². The van der Waals surface area contributed by atoms with E-state index >= 15 is 4.79 Å². The summed E-state index contributed by atoms with van der Waals surface area (Å²) in [6.07, 6.45) is -10.5. The lowest BCUT2D eigenvalue weighted by molar-refractivity contribution is -0.394. The van der Waals surface area contributed by atoms with Gasteiger partial charge in [0.25, 0.3) is 28.7 Å². The Morgan fingerprint density at radius 2 is 1.24 bits per heavy atom. The number of nitro benzene ring substituents is 4. The molecule has 62 heavy (non-hydrogen) atoms. The molecule has 5 aliphatic heterocycles. The van der Waals surface area contributed by atoms with Crippen LogP contribution in [0.3, 0.4) is 0 Å². The molecule has 0 radical (unpaired) electrons. The summed E-state index contributed by atoms with van der Waals surface area (Å²) >= 11 is 0. The first-order valence-corrected chi connectivity index (χ1v) is 18.7. The van der Waals surface area contributed by atoms with E-state index in [1.54, 1.807) is 41.5 Å². The zero-order valence-electron chi connectivity index (χ0n) is 33.5. The van der Waals surface area contributed by atoms with Crippen molar-refractivity contribution in [3.63, 3.8) is 0 Å². The maximum absolute atomic E-state index is 15.1. The van der Waals surface area contributed by atoms with Gasteiger partial charge in [0.05, 0.1) is 68.2 Å². The summed E-state index contributed by atoms with van der Waals surface area (Å²) in [6.45, 7) is 8.45. The highest BCUT2D eigenvalue weighted by atomic mass is 16.8. The molecule has 5 fully saturated rings. The molecule has 27 heteroatoms. The van der Waals surface area contributed by atoms with Gasteiger partial charge in [-0.1, -0.05) is 5.11 Å². The van der Waals surface area contributed by atoms with E-state index in [1.165, 1.54) is 0 Å². The van der Waals surface area contributed by atoms with Crippen LogP contribution in [-0.4, -0.2) is 128 Å². The number of carbonyl (C=O) groups is 2. The van der Waals surface area contributed by atoms with Crippen LogP contribution in [-0.2, 0) is 42.6 Å². The summed E-state index contributed by atoms with van der Waals surface area (Å²) in [5.74, 6) is -6.36. The summed E-state index contributed by atoms with van der Waals surface area (Å²) in [6, 6.07) is 1.45. The molecule has 5 aliphatic rings. The van der Waals surface area contributed by atoms with Crippen molar-refractivity contribution in [1.29, 1.82) is 0 Å². The fourth-order valence-electron chi connectivity index (χ4n) is 8.04. The van der Waals surface area contributed by atoms with Gasteiger partial charge in [0.2, 0.25) is 0 Å². The van der Waals surface area contributed by atoms with Crippen molar-refractivity contribution >= 4 is 34.6 Å². The van der Waals surface area contributed by atoms with Gasteiger partial charge in [0.15, 0.2) is 29.9 Å². The Morgan fingerprint density at radius 1 is 0.742 bits per heavy atom. The van der Waals surface area contributed by atoms with Crippen molar-refractivity contribution in [3.05, 3.63) is 98.4 Å². The summed E-state index contributed by atoms with van der Waals surface area (Å²) in [5, 5.41) is 51.4. The first-order valence-electron chi connectivity index (χ1n) is 18.7. The van der Waals surface area contributed by atoms with Crippen molar-refractivity contribution in [2.24, 2.45) is 5.11 Å². The van der Waals surface area contributed by atoms with Crippen LogP contribution in [0.2, 0.25) is 0 Å². The Hall–Kier alpha value is -6.03. The minimum absolute atomic E-state index is 0.107. The molecule has 2 aromatic carbocycles. The number of hydrogen-bond donors (Lipinski definition) is 0. The third kappa shape index (κ3) is 8.69. The van der Waals surface area contributed by atoms with Gasteiger partial charge in [-0.25, -0.2) is 4.79 Å². The smallest absolute Gasteiger partial charge is 0.339 e. The molecule has 1 amide bonds. The number of carbonyl (C=O) groups excluding carboxylic acids is 2. The highest BCUT2D eigenvalue weighted by Gasteiger charge is 2.62. The maximum atomic E-state index is 15.1. The number of azide groups is 1. The molecule has 0 unspecified atom stereocenters. The van der Waals surface area contributed by atoms with Gasteiger partial charge in [0, 0.05) is 29.2 Å². The summed E-state index contributed by atoms with van der Waals surface area (Å²) in [7, 11) is 0. The van der Waals surface area contributed by atoms with Gasteiger partial charge in [0.1, 0.15) is 36.6 Å². The highest BCUT2D eigenvalue weighted by molar-refractivity contribution is 5.96. The Morgan fingerprint density at radius 3 is 1.73 bits per heavy atom. The number of non-ortho nitro benzene ring substituents is 4. The van der Waals surface area contributed by atoms with Crippen LogP contribution in [0, 0.1) is 40.5 Å². The third-order valence-electron chi connectivity index (χ3n) is 10.4. The quantitative estimate of drug-likeness (QED) is 0.0686. The van der Waals surface area contributed by atoms with Gasteiger partial charge in [-0.15, -0.1) is 0 Å². The minimum atomic E-state index is -1.85. The molecule has 0 spiro atoms. The van der Waals surface area contributed by atoms with Gasteiger partial charge in [-0.2, -0.15) is 0 Å². The number of benzene rings is 2. The predicted molar refractivity (Wildman–Crippen MR) is 199 cm³/mol. The molecule has 5 saturated heterocycles. The number of amides is 1. The van der Waals surface area contributed by atoms with Crippen LogP contribution in [0.1, 0.15) is 62.3 Å². The zero-order valence-corrected chi connectivity index (χ0v) is 33.5. The molecule has 5 heterocycles. The molecule has 2 aromatic rings. The molecule has 0 N–H and O–H groups in total. The van der Waals surface area contributed by atoms with Gasteiger partial charge >= 0.3 is 5.97 Å². The number of fused-ring (bicyclic) bond motifs is 2. The van der Waals surface area contributed by atoms with E-state index in [-0.39, 0.29) is 6.61 Å². The predicted octanol–water partition coefficient (Wildman–Crippen LogP) is 3.94. The van der Waals surface area contributed by atoms with Crippen molar-refractivity contribution in [3.8, 4) is 0 Å². The molecule has 0 aromatic heterocycles. The Kier molecular flexibility index (Phi) is 11.4. The van der Waals surface area contributed by atoms with Gasteiger partial charge in [-0.05, 0) is 47.1 Å². The van der Waals surface area contributed by atoms with Crippen molar-refractivity contribution < 1.29 is 71.9 Å². The van der Waals surface area contributed by atoms with Crippen molar-refractivity contribution in [1.82, 2.24) is 4.90 Å². The van der Waals surface area contributed by atoms with Crippen LogP contribution in [0.4, 0.5) is 22.7 Å². The number of hydrogen-bond acceptors (Lipinski definition) is 20. The summed E-state index contributed by atoms with van der Waals surface area (Å²) in [4.78, 5) is 76.9. The first kappa shape index (κ1) is 44.0. The van der Waals surface area contributed by atoms with E-state index in [0.717, 1.165) is 17.0 Å². The van der Waals surface area contributed by atoms with Crippen LogP contribution in [0.25, 0.3) is 10.4 Å². The summed E-state index contributed by atoms with van der Waals surface area (Å²) < 4.78 is 54.5. The monoisotopic (exact) mass is 874 g/mol. The van der Waals surface area contributed by atoms with Crippen molar-refractivity contribution in [2.75, 3.05) is 13.2 Å². The Balaban J connectivity index is 1.39. The molecule has 7 rings (SSSR count). The topological polar surface area (TPSA) is 342 Å². The average molecular weight is 875 g/mol. The lowest BCUT2D eigenvalue weighted by Gasteiger charge is -2.39. The fraction of sp³-hybridized carbons (Fsp3) is 0.600. The van der Waals surface area contributed by atoms with E-state index < -0.39 is 151 Å². The zero-order chi connectivity index (χ0) is 45.2. The van der Waals surface area contributed by atoms with Crippen molar-refractivity contribution in [2.45, 2.75) is 120 Å². The Bertz CT molecular complexity index is 2200. The molecule has 332 valence electrons. The van der Waals surface area contributed by atoms with Crippen LogP contribution in [0.5, 0.6) is 0 Å². The number of esters is 1. The third-order valence-corrected chi connectivity index (χ3v) is 10.4. The lowest BCUT2D eigenvalue weighted by Crippen LogP contribution is -2.58. The normalized spacial score (nSPS) is 30.4. The second-order valence-corrected chi connectivity index (χ2v) is 16.1. The first-order chi connectivity index (χ1) is 29.0. The van der Waals surface area contributed by atoms with E-state index in [4.69, 9.17) is 42.6 Å². The maximum Gasteiger partial charge on any atom is 0.339 e. The largest absolute Gasteiger partial charge is 0.454 e. The molecular formula is C35H38N8O19. The second kappa shape index (κ2) is 16.0. The molecule has 0 bridgehead atoms. The standard InChI is InChI=1S/C35H38N8O19/c1-33(2)54-14-22(58-33)26-24(28-32(57-26)62-35(5,6)60-28)39(29(44)15-7-17(40(46)47)11-18(8-15)41(48)49)13-21(25-23(37-38-36)27-31(56-25)61-34(3,4)59-27)55-30(45)16-9-19(42(50)51)12-20(10-16)43(52)53/h7-12,21-28,31-32H,13-14H2,1-6H3/t21-,22+,23-,24-,25+,26+,27+,28+,31+,32+/m0/s1. The minimum Gasteiger partial charge on any atom is -0.454 e. The molecule has 0 saturated carbocycles. The molecule has 27 nitrogen and oxygen atoms in total. The number of ether oxygens (including phenoxy) is 9. The van der Waals surface area contributed by atoms with Crippen LogP contribution < -0.4 is 0 Å². The van der Waals surface area contributed by atoms with Gasteiger partial charge < -0.3 is 47.5 Å². The second-order valence-electron chi connectivity index (χ2n) is 16.1. The highest BCUT2D eigenvalue weighted by Crippen LogP contribution is 2.45. The average Bonchev–Trinajstić information content (AvgIpc) is 3.96. The lowest BCUT2D eigenvalue weighted by atomic mass is 9.97. The van der Waals surface area contributed by atoms with E-state index in [0.29, 0.717) is 24.3 Å². The van der Waals surface area contributed by atoms with Gasteiger partial charge in [-0.3, -0.25) is 45.3 Å².